The Morgan fingerprint density at radius 2 is 1.58 bits per heavy atom. The molecule has 1 atom stereocenters. The second-order valence-electron chi connectivity index (χ2n) is 4.84. The summed E-state index contributed by atoms with van der Waals surface area (Å²) in [6.45, 7) is 6.22. The first-order chi connectivity index (χ1) is 8.90. The van der Waals surface area contributed by atoms with Gasteiger partial charge in [0.1, 0.15) is 5.82 Å². The summed E-state index contributed by atoms with van der Waals surface area (Å²) in [6.07, 6.45) is 0. The van der Waals surface area contributed by atoms with Crippen LogP contribution in [0.15, 0.2) is 34.8 Å². The van der Waals surface area contributed by atoms with Crippen LogP contribution in [0.2, 0.25) is 0 Å². The zero-order valence-electron chi connectivity index (χ0n) is 11.1. The molecular weight excluding hydrogens is 371 g/mol. The van der Waals surface area contributed by atoms with Crippen LogP contribution in [0.5, 0.6) is 0 Å². The van der Waals surface area contributed by atoms with Crippen molar-refractivity contribution in [2.45, 2.75) is 25.6 Å². The van der Waals surface area contributed by atoms with Gasteiger partial charge in [-0.3, -0.25) is 0 Å². The molecule has 0 aliphatic rings. The van der Waals surface area contributed by atoms with Crippen molar-refractivity contribution < 1.29 is 4.39 Å². The molecule has 19 heavy (non-hydrogen) atoms. The maximum Gasteiger partial charge on any atom is 0.129 e. The molecule has 0 aliphatic carbocycles. The molecule has 0 amide bonds. The van der Waals surface area contributed by atoms with Crippen LogP contribution in [-0.2, 0) is 0 Å². The van der Waals surface area contributed by atoms with Gasteiger partial charge in [0.25, 0.3) is 0 Å². The minimum atomic E-state index is -0.198. The lowest BCUT2D eigenvalue weighted by molar-refractivity contribution is 0.612. The Morgan fingerprint density at radius 3 is 2.11 bits per heavy atom. The molecule has 0 spiro atoms. The lowest BCUT2D eigenvalue weighted by Crippen LogP contribution is -2.02. The molecule has 3 heteroatoms. The van der Waals surface area contributed by atoms with Crippen LogP contribution in [-0.4, -0.2) is 0 Å². The van der Waals surface area contributed by atoms with Gasteiger partial charge < -0.3 is 0 Å². The van der Waals surface area contributed by atoms with E-state index < -0.39 is 0 Å². The van der Waals surface area contributed by atoms with Crippen molar-refractivity contribution >= 4 is 31.9 Å². The first-order valence-electron chi connectivity index (χ1n) is 6.07. The van der Waals surface area contributed by atoms with Gasteiger partial charge in [0.2, 0.25) is 0 Å². The van der Waals surface area contributed by atoms with Crippen LogP contribution in [0.25, 0.3) is 0 Å². The van der Waals surface area contributed by atoms with E-state index in [1.54, 1.807) is 0 Å². The third kappa shape index (κ3) is 3.09. The molecule has 0 aromatic heterocycles. The van der Waals surface area contributed by atoms with E-state index in [1.165, 1.54) is 22.8 Å². The molecule has 0 saturated heterocycles. The van der Waals surface area contributed by atoms with Crippen molar-refractivity contribution in [1.82, 2.24) is 0 Å². The second-order valence-corrected chi connectivity index (χ2v) is 6.67. The van der Waals surface area contributed by atoms with Gasteiger partial charge in [-0.05, 0) is 49.6 Å². The van der Waals surface area contributed by atoms with E-state index in [9.17, 15) is 4.39 Å². The van der Waals surface area contributed by atoms with Gasteiger partial charge in [0.05, 0.1) is 4.83 Å². The molecule has 0 N–H and O–H groups in total. The van der Waals surface area contributed by atoms with Gasteiger partial charge in [-0.25, -0.2) is 4.39 Å². The summed E-state index contributed by atoms with van der Waals surface area (Å²) in [5.41, 5.74) is 5.41. The SMILES string of the molecule is Cc1cc(C)c(C(Br)c2ccc(Br)cc2F)c(C)c1. The summed E-state index contributed by atoms with van der Waals surface area (Å²) in [5, 5.41) is 0. The maximum atomic E-state index is 14.1. The zero-order valence-corrected chi connectivity index (χ0v) is 14.3. The van der Waals surface area contributed by atoms with E-state index in [2.05, 4.69) is 64.8 Å². The van der Waals surface area contributed by atoms with Crippen LogP contribution in [0, 0.1) is 26.6 Å². The number of benzene rings is 2. The summed E-state index contributed by atoms with van der Waals surface area (Å²) in [7, 11) is 0. The van der Waals surface area contributed by atoms with E-state index in [4.69, 9.17) is 0 Å². The number of hydrogen-bond acceptors (Lipinski definition) is 0. The summed E-state index contributed by atoms with van der Waals surface area (Å²) in [5.74, 6) is -0.198. The third-order valence-electron chi connectivity index (χ3n) is 3.23. The molecule has 100 valence electrons. The number of alkyl halides is 1. The van der Waals surface area contributed by atoms with E-state index in [-0.39, 0.29) is 10.6 Å². The zero-order chi connectivity index (χ0) is 14.2. The number of rotatable bonds is 2. The van der Waals surface area contributed by atoms with Gasteiger partial charge in [-0.2, -0.15) is 0 Å². The standard InChI is InChI=1S/C16H15Br2F/c1-9-6-10(2)15(11(3)7-9)16(18)13-5-4-12(17)8-14(13)19/h4-8,16H,1-3H3. The van der Waals surface area contributed by atoms with Crippen molar-refractivity contribution in [3.63, 3.8) is 0 Å². The van der Waals surface area contributed by atoms with Gasteiger partial charge in [-0.15, -0.1) is 0 Å². The van der Waals surface area contributed by atoms with E-state index in [0.717, 1.165) is 10.0 Å². The van der Waals surface area contributed by atoms with Gasteiger partial charge >= 0.3 is 0 Å². The Kier molecular flexibility index (Phi) is 4.46. The second kappa shape index (κ2) is 5.76. The van der Waals surface area contributed by atoms with Crippen LogP contribution in [0.4, 0.5) is 4.39 Å². The fourth-order valence-electron chi connectivity index (χ4n) is 2.45. The Labute approximate surface area is 130 Å². The molecule has 1 unspecified atom stereocenters. The maximum absolute atomic E-state index is 14.1. The third-order valence-corrected chi connectivity index (χ3v) is 4.67. The van der Waals surface area contributed by atoms with Crippen LogP contribution in [0.1, 0.15) is 32.6 Å². The molecule has 2 rings (SSSR count). The van der Waals surface area contributed by atoms with E-state index in [0.29, 0.717) is 5.56 Å². The fraction of sp³-hybridized carbons (Fsp3) is 0.250. The molecule has 0 nitrogen and oxygen atoms in total. The molecule has 0 radical (unpaired) electrons. The van der Waals surface area contributed by atoms with Gasteiger partial charge in [0, 0.05) is 10.0 Å². The highest BCUT2D eigenvalue weighted by molar-refractivity contribution is 9.10. The quantitative estimate of drug-likeness (QED) is 0.556. The average molecular weight is 386 g/mol. The van der Waals surface area contributed by atoms with Gasteiger partial charge in [-0.1, -0.05) is 55.6 Å². The minimum Gasteiger partial charge on any atom is -0.207 e. The van der Waals surface area contributed by atoms with Crippen LogP contribution >= 0.6 is 31.9 Å². The Balaban J connectivity index is 2.53. The summed E-state index contributed by atoms with van der Waals surface area (Å²) < 4.78 is 14.8. The molecule has 0 fully saturated rings. The Hall–Kier alpha value is -0.670. The largest absolute Gasteiger partial charge is 0.207 e. The lowest BCUT2D eigenvalue weighted by atomic mass is 9.94. The van der Waals surface area contributed by atoms with E-state index >= 15 is 0 Å². The number of aryl methyl sites for hydroxylation is 3. The van der Waals surface area contributed by atoms with E-state index in [1.807, 2.05) is 12.1 Å². The first-order valence-corrected chi connectivity index (χ1v) is 7.77. The molecule has 0 saturated carbocycles. The average Bonchev–Trinajstić information content (AvgIpc) is 2.26. The predicted molar refractivity (Wildman–Crippen MR) is 85.5 cm³/mol. The predicted octanol–water partition coefficient (Wildman–Crippen LogP) is 6.00. The van der Waals surface area contributed by atoms with Crippen molar-refractivity contribution in [2.24, 2.45) is 0 Å². The Bertz CT molecular complexity index is 597. The van der Waals surface area contributed by atoms with Crippen LogP contribution < -0.4 is 0 Å². The van der Waals surface area contributed by atoms with Crippen molar-refractivity contribution in [1.29, 1.82) is 0 Å². The topological polar surface area (TPSA) is 0 Å². The normalized spacial score (nSPS) is 12.5. The fourth-order valence-corrected chi connectivity index (χ4v) is 3.88. The van der Waals surface area contributed by atoms with Crippen LogP contribution in [0.3, 0.4) is 0 Å². The van der Waals surface area contributed by atoms with Crippen molar-refractivity contribution in [2.75, 3.05) is 0 Å². The van der Waals surface area contributed by atoms with Gasteiger partial charge in [0.15, 0.2) is 0 Å². The van der Waals surface area contributed by atoms with Crippen molar-refractivity contribution in [3.05, 3.63) is 68.4 Å². The van der Waals surface area contributed by atoms with Crippen molar-refractivity contribution in [3.8, 4) is 0 Å². The minimum absolute atomic E-state index is 0.124. The first kappa shape index (κ1) is 14.7. The summed E-state index contributed by atoms with van der Waals surface area (Å²) in [4.78, 5) is -0.124. The monoisotopic (exact) mass is 384 g/mol. The lowest BCUT2D eigenvalue weighted by Gasteiger charge is -2.18. The number of hydrogen-bond donors (Lipinski definition) is 0. The smallest absolute Gasteiger partial charge is 0.129 e. The summed E-state index contributed by atoms with van der Waals surface area (Å²) >= 11 is 6.93. The molecule has 2 aromatic rings. The highest BCUT2D eigenvalue weighted by atomic mass is 79.9. The highest BCUT2D eigenvalue weighted by Crippen LogP contribution is 2.37. The Morgan fingerprint density at radius 1 is 1.00 bits per heavy atom. The summed E-state index contributed by atoms with van der Waals surface area (Å²) in [6, 6.07) is 9.45. The molecule has 0 aliphatic heterocycles. The number of halogens is 3. The molecule has 2 aromatic carbocycles. The molecular formula is C16H15Br2F. The molecule has 0 bridgehead atoms. The highest BCUT2D eigenvalue weighted by Gasteiger charge is 2.19. The molecule has 0 heterocycles.